The Hall–Kier alpha value is -4.07. The predicted molar refractivity (Wildman–Crippen MR) is 117 cm³/mol. The lowest BCUT2D eigenvalue weighted by molar-refractivity contribution is -0.147. The minimum absolute atomic E-state index is 0.0574. The van der Waals surface area contributed by atoms with Gasteiger partial charge in [0.1, 0.15) is 17.6 Å². The van der Waals surface area contributed by atoms with Gasteiger partial charge in [-0.05, 0) is 43.2 Å². The number of rotatable bonds is 5. The maximum absolute atomic E-state index is 14.9. The van der Waals surface area contributed by atoms with E-state index in [1.807, 2.05) is 0 Å². The van der Waals surface area contributed by atoms with Gasteiger partial charge in [0.15, 0.2) is 17.4 Å². The number of aldehydes is 1. The quantitative estimate of drug-likeness (QED) is 0.180. The molecule has 0 radical (unpaired) electrons. The molecule has 1 aliphatic carbocycles. The average molecular weight is 452 g/mol. The second-order valence-corrected chi connectivity index (χ2v) is 7.54. The zero-order chi connectivity index (χ0) is 23.9. The van der Waals surface area contributed by atoms with Crippen molar-refractivity contribution in [3.63, 3.8) is 0 Å². The molecule has 0 saturated heterocycles. The van der Waals surface area contributed by atoms with Gasteiger partial charge in [-0.15, -0.1) is 0 Å². The summed E-state index contributed by atoms with van der Waals surface area (Å²) in [6, 6.07) is 8.44. The lowest BCUT2D eigenvalue weighted by Gasteiger charge is -2.19. The van der Waals surface area contributed by atoms with Gasteiger partial charge in [-0.3, -0.25) is 14.4 Å². The van der Waals surface area contributed by atoms with E-state index in [4.69, 9.17) is 13.9 Å². The van der Waals surface area contributed by atoms with Crippen LogP contribution in [0.4, 0.5) is 8.78 Å². The first-order valence-electron chi connectivity index (χ1n) is 9.92. The second-order valence-electron chi connectivity index (χ2n) is 7.54. The van der Waals surface area contributed by atoms with E-state index in [0.29, 0.717) is 33.9 Å². The first-order valence-corrected chi connectivity index (χ1v) is 9.92. The van der Waals surface area contributed by atoms with Crippen LogP contribution in [0, 0.1) is 25.5 Å². The molecule has 1 heterocycles. The van der Waals surface area contributed by atoms with E-state index >= 15 is 0 Å². The number of hydrogen-bond donors (Lipinski definition) is 0. The van der Waals surface area contributed by atoms with Crippen LogP contribution in [0.3, 0.4) is 0 Å². The number of esters is 1. The van der Waals surface area contributed by atoms with Crippen LogP contribution in [0.25, 0.3) is 33.4 Å². The second kappa shape index (κ2) is 8.46. The van der Waals surface area contributed by atoms with Crippen LogP contribution in [0.2, 0.25) is 0 Å². The molecule has 0 bridgehead atoms. The third kappa shape index (κ3) is 3.95. The van der Waals surface area contributed by atoms with Crippen LogP contribution < -0.4 is 10.2 Å². The molecule has 168 valence electrons. The van der Waals surface area contributed by atoms with Crippen molar-refractivity contribution >= 4 is 23.2 Å². The molecule has 6 nitrogen and oxygen atoms in total. The highest BCUT2D eigenvalue weighted by Gasteiger charge is 2.24. The van der Waals surface area contributed by atoms with Crippen molar-refractivity contribution in [1.82, 2.24) is 0 Å². The SMILES string of the molecule is CC(=O)OCOc1cc2oc3c(C)c(=O)c(F)cc-3c(-c3ccc(C=O)cc3C)c2cc1F. The summed E-state index contributed by atoms with van der Waals surface area (Å²) in [6.07, 6.45) is 0.702. The van der Waals surface area contributed by atoms with Gasteiger partial charge in [-0.1, -0.05) is 12.1 Å². The highest BCUT2D eigenvalue weighted by atomic mass is 19.1. The van der Waals surface area contributed by atoms with Crippen LogP contribution in [-0.4, -0.2) is 19.0 Å². The van der Waals surface area contributed by atoms with Gasteiger partial charge in [0.2, 0.25) is 12.2 Å². The molecular weight excluding hydrogens is 434 g/mol. The number of benzene rings is 3. The third-order valence-corrected chi connectivity index (χ3v) is 5.33. The van der Waals surface area contributed by atoms with Gasteiger partial charge in [-0.25, -0.2) is 8.78 Å². The number of carbonyl (C=O) groups is 2. The largest absolute Gasteiger partial charge is 0.455 e. The molecule has 0 aromatic heterocycles. The minimum atomic E-state index is -0.959. The van der Waals surface area contributed by atoms with Crippen LogP contribution in [0.5, 0.6) is 5.75 Å². The summed E-state index contributed by atoms with van der Waals surface area (Å²) in [7, 11) is 0. The molecule has 0 fully saturated rings. The number of fused-ring (bicyclic) bond motifs is 2. The van der Waals surface area contributed by atoms with Crippen LogP contribution in [0.1, 0.15) is 28.4 Å². The molecule has 0 atom stereocenters. The number of ether oxygens (including phenoxy) is 2. The average Bonchev–Trinajstić information content (AvgIpc) is 2.77. The van der Waals surface area contributed by atoms with Crippen LogP contribution in [-0.2, 0) is 9.53 Å². The molecule has 0 unspecified atom stereocenters. The van der Waals surface area contributed by atoms with Crippen molar-refractivity contribution in [3.8, 4) is 28.2 Å². The van der Waals surface area contributed by atoms with Crippen molar-refractivity contribution in [2.24, 2.45) is 0 Å². The Kier molecular flexibility index (Phi) is 5.68. The first-order chi connectivity index (χ1) is 15.7. The smallest absolute Gasteiger partial charge is 0.305 e. The summed E-state index contributed by atoms with van der Waals surface area (Å²) in [5, 5.41) is 0.305. The standard InChI is InChI=1S/C25H18F2O6/c1-12-6-15(10-28)4-5-16(12)23-17-7-19(26)22(32-11-31-14(3)29)9-21(17)33-25-13(2)24(30)20(27)8-18(23)25/h4-10H,11H2,1-3H3. The van der Waals surface area contributed by atoms with E-state index in [9.17, 15) is 23.2 Å². The summed E-state index contributed by atoms with van der Waals surface area (Å²) < 4.78 is 45.1. The highest BCUT2D eigenvalue weighted by Crippen LogP contribution is 2.43. The molecule has 1 aliphatic heterocycles. The monoisotopic (exact) mass is 452 g/mol. The Morgan fingerprint density at radius 2 is 1.82 bits per heavy atom. The molecular formula is C25H18F2O6. The lowest BCUT2D eigenvalue weighted by atomic mass is 9.89. The molecule has 33 heavy (non-hydrogen) atoms. The van der Waals surface area contributed by atoms with Crippen molar-refractivity contribution in [2.75, 3.05) is 6.79 Å². The van der Waals surface area contributed by atoms with E-state index in [1.54, 1.807) is 25.1 Å². The predicted octanol–water partition coefficient (Wildman–Crippen LogP) is 5.17. The molecule has 0 N–H and O–H groups in total. The van der Waals surface area contributed by atoms with Crippen molar-refractivity contribution in [1.29, 1.82) is 0 Å². The minimum Gasteiger partial charge on any atom is -0.455 e. The maximum atomic E-state index is 14.9. The fourth-order valence-electron chi connectivity index (χ4n) is 3.75. The van der Waals surface area contributed by atoms with Gasteiger partial charge in [0.05, 0.1) is 0 Å². The van der Waals surface area contributed by atoms with Gasteiger partial charge in [0.25, 0.3) is 0 Å². The summed E-state index contributed by atoms with van der Waals surface area (Å²) in [5.41, 5.74) is 1.89. The molecule has 8 heteroatoms. The number of carbonyl (C=O) groups excluding carboxylic acids is 2. The molecule has 2 aliphatic rings. The Morgan fingerprint density at radius 1 is 1.06 bits per heavy atom. The van der Waals surface area contributed by atoms with Gasteiger partial charge < -0.3 is 13.9 Å². The molecule has 0 spiro atoms. The lowest BCUT2D eigenvalue weighted by Crippen LogP contribution is -2.12. The van der Waals surface area contributed by atoms with Gasteiger partial charge in [0, 0.05) is 40.6 Å². The van der Waals surface area contributed by atoms with E-state index in [-0.39, 0.29) is 28.2 Å². The molecule has 0 saturated carbocycles. The molecule has 2 aromatic carbocycles. The van der Waals surface area contributed by atoms with Gasteiger partial charge in [-0.2, -0.15) is 0 Å². The zero-order valence-electron chi connectivity index (χ0n) is 18.0. The summed E-state index contributed by atoms with van der Waals surface area (Å²) >= 11 is 0. The zero-order valence-corrected chi connectivity index (χ0v) is 18.0. The van der Waals surface area contributed by atoms with E-state index in [0.717, 1.165) is 6.07 Å². The summed E-state index contributed by atoms with van der Waals surface area (Å²) in [5.74, 6) is -2.40. The topological polar surface area (TPSA) is 82.8 Å². The fourth-order valence-corrected chi connectivity index (χ4v) is 3.75. The third-order valence-electron chi connectivity index (χ3n) is 5.33. The van der Waals surface area contributed by atoms with E-state index < -0.39 is 29.8 Å². The summed E-state index contributed by atoms with van der Waals surface area (Å²) in [4.78, 5) is 34.4. The Bertz CT molecular complexity index is 1450. The van der Waals surface area contributed by atoms with E-state index in [1.165, 1.54) is 26.0 Å². The molecule has 0 amide bonds. The Labute approximate surface area is 186 Å². The Morgan fingerprint density at radius 3 is 2.48 bits per heavy atom. The maximum Gasteiger partial charge on any atom is 0.305 e. The highest BCUT2D eigenvalue weighted by molar-refractivity contribution is 6.03. The molecule has 2 aromatic rings. The first kappa shape index (κ1) is 22.1. The number of aryl methyl sites for hydroxylation is 1. The van der Waals surface area contributed by atoms with Gasteiger partial charge >= 0.3 is 5.97 Å². The Balaban J connectivity index is 2.06. The normalized spacial score (nSPS) is 11.1. The number of halogens is 2. The molecule has 4 rings (SSSR count). The van der Waals surface area contributed by atoms with Crippen molar-refractivity contribution < 1.29 is 32.3 Å². The summed E-state index contributed by atoms with van der Waals surface area (Å²) in [6.45, 7) is 3.90. The van der Waals surface area contributed by atoms with E-state index in [2.05, 4.69) is 0 Å². The van der Waals surface area contributed by atoms with Crippen LogP contribution >= 0.6 is 0 Å². The number of hydrogen-bond acceptors (Lipinski definition) is 6. The van der Waals surface area contributed by atoms with Crippen molar-refractivity contribution in [2.45, 2.75) is 20.8 Å². The van der Waals surface area contributed by atoms with Crippen LogP contribution in [0.15, 0.2) is 45.6 Å². The fraction of sp³-hybridized carbons (Fsp3) is 0.160. The van der Waals surface area contributed by atoms with Crippen molar-refractivity contribution in [3.05, 3.63) is 74.9 Å².